The normalized spacial score (nSPS) is 20.9. The van der Waals surface area contributed by atoms with Gasteiger partial charge in [-0.2, -0.15) is 5.10 Å². The minimum atomic E-state index is 0.0547. The van der Waals surface area contributed by atoms with Crippen molar-refractivity contribution in [3.05, 3.63) is 27.8 Å². The lowest BCUT2D eigenvalue weighted by molar-refractivity contribution is -0.0390. The Balaban J connectivity index is 2.06. The molecule has 0 aliphatic carbocycles. The van der Waals surface area contributed by atoms with Gasteiger partial charge in [0.15, 0.2) is 0 Å². The Hall–Kier alpha value is -0.580. The number of halogens is 2. The molecule has 1 atom stereocenters. The van der Waals surface area contributed by atoms with E-state index in [9.17, 15) is 0 Å². The van der Waals surface area contributed by atoms with Crippen LogP contribution in [0.5, 0.6) is 0 Å². The van der Waals surface area contributed by atoms with Crippen LogP contribution in [0.4, 0.5) is 0 Å². The molecule has 90 valence electrons. The third kappa shape index (κ3) is 2.09. The van der Waals surface area contributed by atoms with E-state index >= 15 is 0 Å². The van der Waals surface area contributed by atoms with E-state index in [4.69, 9.17) is 16.3 Å². The second-order valence-electron chi connectivity index (χ2n) is 4.22. The van der Waals surface area contributed by atoms with Crippen molar-refractivity contribution in [3.8, 4) is 0 Å². The Morgan fingerprint density at radius 3 is 3.00 bits per heavy atom. The highest BCUT2D eigenvalue weighted by Crippen LogP contribution is 2.31. The Morgan fingerprint density at radius 1 is 1.41 bits per heavy atom. The van der Waals surface area contributed by atoms with Crippen LogP contribution in [0.25, 0.3) is 10.9 Å². The summed E-state index contributed by atoms with van der Waals surface area (Å²) in [6.45, 7) is 0.815. The fourth-order valence-electron chi connectivity index (χ4n) is 2.14. The fourth-order valence-corrected chi connectivity index (χ4v) is 2.76. The Labute approximate surface area is 113 Å². The van der Waals surface area contributed by atoms with Crippen molar-refractivity contribution in [1.29, 1.82) is 0 Å². The molecule has 0 saturated carbocycles. The van der Waals surface area contributed by atoms with Crippen LogP contribution < -0.4 is 0 Å². The molecule has 0 N–H and O–H groups in total. The second kappa shape index (κ2) is 4.59. The molecule has 2 heterocycles. The summed E-state index contributed by atoms with van der Waals surface area (Å²) < 4.78 is 8.62. The first-order chi connectivity index (χ1) is 8.25. The smallest absolute Gasteiger partial charge is 0.150 e. The lowest BCUT2D eigenvalue weighted by Gasteiger charge is -2.22. The minimum Gasteiger partial charge on any atom is -0.357 e. The van der Waals surface area contributed by atoms with Crippen molar-refractivity contribution in [3.63, 3.8) is 0 Å². The molecule has 1 saturated heterocycles. The predicted molar refractivity (Wildman–Crippen MR) is 71.3 cm³/mol. The molecule has 17 heavy (non-hydrogen) atoms. The van der Waals surface area contributed by atoms with Gasteiger partial charge in [-0.3, -0.25) is 0 Å². The summed E-state index contributed by atoms with van der Waals surface area (Å²) in [5.74, 6) is 0. The van der Waals surface area contributed by atoms with Gasteiger partial charge in [0.1, 0.15) is 11.7 Å². The average molecular weight is 316 g/mol. The van der Waals surface area contributed by atoms with Crippen LogP contribution in [0.1, 0.15) is 25.5 Å². The zero-order valence-electron chi connectivity index (χ0n) is 9.20. The molecule has 1 aliphatic heterocycles. The van der Waals surface area contributed by atoms with E-state index in [2.05, 4.69) is 21.0 Å². The summed E-state index contributed by atoms with van der Waals surface area (Å²) in [7, 11) is 0. The van der Waals surface area contributed by atoms with Gasteiger partial charge in [-0.15, -0.1) is 0 Å². The fraction of sp³-hybridized carbons (Fsp3) is 0.417. The summed E-state index contributed by atoms with van der Waals surface area (Å²) in [6.07, 6.45) is 5.40. The molecule has 1 aliphatic rings. The Morgan fingerprint density at radius 2 is 2.29 bits per heavy atom. The van der Waals surface area contributed by atoms with Gasteiger partial charge in [-0.25, -0.2) is 4.68 Å². The average Bonchev–Trinajstić information content (AvgIpc) is 2.81. The lowest BCUT2D eigenvalue weighted by atomic mass is 10.2. The molecule has 0 bridgehead atoms. The molecule has 2 aromatic rings. The third-order valence-corrected chi connectivity index (χ3v) is 4.04. The predicted octanol–water partition coefficient (Wildman–Crippen LogP) is 4.15. The van der Waals surface area contributed by atoms with Gasteiger partial charge in [0.25, 0.3) is 0 Å². The van der Waals surface area contributed by atoms with Crippen LogP contribution in [0.3, 0.4) is 0 Å². The number of aromatic nitrogens is 2. The third-order valence-electron chi connectivity index (χ3n) is 3.04. The maximum Gasteiger partial charge on any atom is 0.150 e. The van der Waals surface area contributed by atoms with Crippen LogP contribution in [0.2, 0.25) is 5.02 Å². The van der Waals surface area contributed by atoms with Crippen molar-refractivity contribution in [2.45, 2.75) is 25.5 Å². The van der Waals surface area contributed by atoms with Crippen molar-refractivity contribution >= 4 is 38.4 Å². The SMILES string of the molecule is Clc1ccc(Br)c2cn(C3CCCCO3)nc12. The van der Waals surface area contributed by atoms with Crippen LogP contribution >= 0.6 is 27.5 Å². The number of benzene rings is 1. The molecule has 0 amide bonds. The van der Waals surface area contributed by atoms with Gasteiger partial charge >= 0.3 is 0 Å². The Bertz CT molecular complexity index is 510. The highest BCUT2D eigenvalue weighted by molar-refractivity contribution is 9.10. The summed E-state index contributed by atoms with van der Waals surface area (Å²) in [6, 6.07) is 3.80. The number of rotatable bonds is 1. The van der Waals surface area contributed by atoms with Crippen molar-refractivity contribution in [2.75, 3.05) is 6.61 Å². The largest absolute Gasteiger partial charge is 0.357 e. The molecule has 1 unspecified atom stereocenters. The molecule has 5 heteroatoms. The van der Waals surface area contributed by atoms with Gasteiger partial charge in [-0.1, -0.05) is 27.5 Å². The van der Waals surface area contributed by atoms with Gasteiger partial charge in [0, 0.05) is 22.7 Å². The summed E-state index contributed by atoms with van der Waals surface area (Å²) >= 11 is 9.66. The first-order valence-corrected chi connectivity index (χ1v) is 6.87. The van der Waals surface area contributed by atoms with Gasteiger partial charge in [-0.05, 0) is 31.4 Å². The molecule has 3 rings (SSSR count). The zero-order chi connectivity index (χ0) is 11.8. The van der Waals surface area contributed by atoms with Crippen LogP contribution in [0.15, 0.2) is 22.8 Å². The first kappa shape index (κ1) is 11.5. The molecule has 3 nitrogen and oxygen atoms in total. The number of nitrogens with zero attached hydrogens (tertiary/aromatic N) is 2. The molecule has 1 aromatic heterocycles. The highest BCUT2D eigenvalue weighted by Gasteiger charge is 2.18. The number of hydrogen-bond donors (Lipinski definition) is 0. The van der Waals surface area contributed by atoms with Gasteiger partial charge in [0.05, 0.1) is 5.02 Å². The van der Waals surface area contributed by atoms with Gasteiger partial charge in [0.2, 0.25) is 0 Å². The minimum absolute atomic E-state index is 0.0547. The van der Waals surface area contributed by atoms with Crippen LogP contribution in [0, 0.1) is 0 Å². The highest BCUT2D eigenvalue weighted by atomic mass is 79.9. The standard InChI is InChI=1S/C12H12BrClN2O/c13-9-4-5-10(14)12-8(9)7-16(15-12)11-3-1-2-6-17-11/h4-5,7,11H,1-3,6H2. The van der Waals surface area contributed by atoms with E-state index in [0.29, 0.717) is 5.02 Å². The maximum absolute atomic E-state index is 6.14. The molecule has 1 aromatic carbocycles. The summed E-state index contributed by atoms with van der Waals surface area (Å²) in [5, 5.41) is 6.24. The van der Waals surface area contributed by atoms with Crippen LogP contribution in [-0.2, 0) is 4.74 Å². The van der Waals surface area contributed by atoms with E-state index in [1.165, 1.54) is 6.42 Å². The van der Waals surface area contributed by atoms with E-state index in [-0.39, 0.29) is 6.23 Å². The number of fused-ring (bicyclic) bond motifs is 1. The lowest BCUT2D eigenvalue weighted by Crippen LogP contribution is -2.18. The number of ether oxygens (including phenoxy) is 1. The maximum atomic E-state index is 6.14. The van der Waals surface area contributed by atoms with Crippen molar-refractivity contribution in [1.82, 2.24) is 9.78 Å². The monoisotopic (exact) mass is 314 g/mol. The van der Waals surface area contributed by atoms with Crippen molar-refractivity contribution in [2.24, 2.45) is 0 Å². The topological polar surface area (TPSA) is 27.1 Å². The van der Waals surface area contributed by atoms with Crippen LogP contribution in [-0.4, -0.2) is 16.4 Å². The van der Waals surface area contributed by atoms with E-state index in [0.717, 1.165) is 34.8 Å². The molecule has 0 spiro atoms. The molecule has 1 fully saturated rings. The summed E-state index contributed by atoms with van der Waals surface area (Å²) in [4.78, 5) is 0. The summed E-state index contributed by atoms with van der Waals surface area (Å²) in [5.41, 5.74) is 0.829. The molecule has 0 radical (unpaired) electrons. The van der Waals surface area contributed by atoms with E-state index < -0.39 is 0 Å². The van der Waals surface area contributed by atoms with E-state index in [1.807, 2.05) is 23.0 Å². The molecular formula is C12H12BrClN2O. The molecular weight excluding hydrogens is 304 g/mol. The van der Waals surface area contributed by atoms with E-state index in [1.54, 1.807) is 0 Å². The first-order valence-electron chi connectivity index (χ1n) is 5.70. The van der Waals surface area contributed by atoms with Crippen molar-refractivity contribution < 1.29 is 4.74 Å². The second-order valence-corrected chi connectivity index (χ2v) is 5.48. The Kier molecular flexibility index (Phi) is 3.11. The zero-order valence-corrected chi connectivity index (χ0v) is 11.5. The van der Waals surface area contributed by atoms with Gasteiger partial charge < -0.3 is 4.74 Å². The quantitative estimate of drug-likeness (QED) is 0.790. The number of hydrogen-bond acceptors (Lipinski definition) is 2.